The van der Waals surface area contributed by atoms with Crippen molar-refractivity contribution >= 4 is 6.03 Å². The normalized spacial score (nSPS) is 27.5. The van der Waals surface area contributed by atoms with Gasteiger partial charge in [-0.2, -0.15) is 0 Å². The van der Waals surface area contributed by atoms with Crippen molar-refractivity contribution in [2.24, 2.45) is 5.41 Å². The third-order valence-corrected chi connectivity index (χ3v) is 8.58. The first-order chi connectivity index (χ1) is 14.4. The Balaban J connectivity index is 1.52. The summed E-state index contributed by atoms with van der Waals surface area (Å²) in [6, 6.07) is 18.2. The molecule has 0 aromatic heterocycles. The third kappa shape index (κ3) is 2.89. The van der Waals surface area contributed by atoms with Crippen LogP contribution >= 0.6 is 0 Å². The van der Waals surface area contributed by atoms with Gasteiger partial charge in [0.2, 0.25) is 0 Å². The van der Waals surface area contributed by atoms with Crippen LogP contribution in [0, 0.1) is 5.41 Å². The first kappa shape index (κ1) is 19.7. The predicted octanol–water partition coefficient (Wildman–Crippen LogP) is 5.87. The summed E-state index contributed by atoms with van der Waals surface area (Å²) in [6.45, 7) is 9.94. The topological polar surface area (TPSA) is 23.6 Å². The quantitative estimate of drug-likeness (QED) is 0.585. The second-order valence-corrected chi connectivity index (χ2v) is 10.3. The van der Waals surface area contributed by atoms with Gasteiger partial charge in [-0.05, 0) is 59.8 Å². The van der Waals surface area contributed by atoms with Crippen molar-refractivity contribution in [1.29, 1.82) is 0 Å². The van der Waals surface area contributed by atoms with Gasteiger partial charge in [0, 0.05) is 31.1 Å². The molecule has 2 bridgehead atoms. The Morgan fingerprint density at radius 1 is 0.900 bits per heavy atom. The first-order valence-corrected chi connectivity index (χ1v) is 11.7. The molecule has 2 fully saturated rings. The van der Waals surface area contributed by atoms with Gasteiger partial charge in [0.05, 0.1) is 0 Å². The summed E-state index contributed by atoms with van der Waals surface area (Å²) in [5.74, 6) is 0. The number of rotatable bonds is 1. The highest BCUT2D eigenvalue weighted by Crippen LogP contribution is 2.56. The maximum atomic E-state index is 13.5. The van der Waals surface area contributed by atoms with Crippen LogP contribution in [0.4, 0.5) is 4.79 Å². The molecule has 0 spiro atoms. The zero-order valence-electron chi connectivity index (χ0n) is 18.7. The van der Waals surface area contributed by atoms with Gasteiger partial charge >= 0.3 is 6.03 Å². The summed E-state index contributed by atoms with van der Waals surface area (Å²) < 4.78 is 0. The largest absolute Gasteiger partial charge is 0.325 e. The summed E-state index contributed by atoms with van der Waals surface area (Å²) in [7, 11) is 0. The summed E-state index contributed by atoms with van der Waals surface area (Å²) >= 11 is 0. The molecule has 0 radical (unpaired) electrons. The maximum Gasteiger partial charge on any atom is 0.320 e. The molecule has 5 rings (SSSR count). The lowest BCUT2D eigenvalue weighted by molar-refractivity contribution is -0.0242. The molecule has 0 N–H and O–H groups in total. The molecule has 30 heavy (non-hydrogen) atoms. The fourth-order valence-corrected chi connectivity index (χ4v) is 6.24. The lowest BCUT2D eigenvalue weighted by atomic mass is 9.51. The van der Waals surface area contributed by atoms with Crippen LogP contribution in [0.15, 0.2) is 48.5 Å². The third-order valence-electron chi connectivity index (χ3n) is 8.58. The zero-order valence-corrected chi connectivity index (χ0v) is 18.7. The standard InChI is InChI=1S/C27H34N2O/c1-26(2)24-19-22-18-21(20-10-6-4-7-11-20)12-13-23(22)27(26,3)14-17-29(24)25(30)28-15-8-5-9-16-28/h4,6-7,10-13,18,24H,5,8-9,14-17,19H2,1-3H3. The van der Waals surface area contributed by atoms with Crippen LogP contribution in [0.25, 0.3) is 11.1 Å². The Morgan fingerprint density at radius 3 is 2.37 bits per heavy atom. The van der Waals surface area contributed by atoms with Crippen LogP contribution in [0.1, 0.15) is 57.6 Å². The molecule has 3 aliphatic rings. The molecule has 3 heteroatoms. The van der Waals surface area contributed by atoms with Crippen LogP contribution < -0.4 is 0 Å². The van der Waals surface area contributed by atoms with Gasteiger partial charge in [0.1, 0.15) is 0 Å². The molecule has 2 saturated heterocycles. The van der Waals surface area contributed by atoms with E-state index in [0.717, 1.165) is 45.3 Å². The molecule has 2 unspecified atom stereocenters. The molecule has 2 aromatic rings. The van der Waals surface area contributed by atoms with Crippen molar-refractivity contribution in [2.75, 3.05) is 19.6 Å². The average Bonchev–Trinajstić information content (AvgIpc) is 2.77. The minimum Gasteiger partial charge on any atom is -0.325 e. The van der Waals surface area contributed by atoms with Gasteiger partial charge in [-0.3, -0.25) is 0 Å². The SMILES string of the molecule is CC12CCN(C(=O)N3CCCCC3)C(Cc3cc(-c4ccccc4)ccc31)C2(C)C. The number of fused-ring (bicyclic) bond motifs is 4. The lowest BCUT2D eigenvalue weighted by Crippen LogP contribution is -2.66. The van der Waals surface area contributed by atoms with Crippen molar-refractivity contribution in [1.82, 2.24) is 9.80 Å². The molecule has 2 aromatic carbocycles. The van der Waals surface area contributed by atoms with E-state index in [1.165, 1.54) is 28.7 Å². The minimum absolute atomic E-state index is 0.0535. The number of carbonyl (C=O) groups excluding carboxylic acids is 1. The highest BCUT2D eigenvalue weighted by molar-refractivity contribution is 5.76. The van der Waals surface area contributed by atoms with Gasteiger partial charge in [0.15, 0.2) is 0 Å². The Kier molecular flexibility index (Phi) is 4.68. The van der Waals surface area contributed by atoms with Gasteiger partial charge in [-0.25, -0.2) is 4.79 Å². The Bertz CT molecular complexity index is 945. The van der Waals surface area contributed by atoms with E-state index in [2.05, 4.69) is 79.1 Å². The zero-order chi connectivity index (χ0) is 20.9. The molecule has 0 saturated carbocycles. The molecule has 1 aliphatic carbocycles. The smallest absolute Gasteiger partial charge is 0.320 e. The van der Waals surface area contributed by atoms with E-state index < -0.39 is 0 Å². The summed E-state index contributed by atoms with van der Waals surface area (Å²) in [6.07, 6.45) is 5.54. The van der Waals surface area contributed by atoms with Crippen molar-refractivity contribution in [2.45, 2.75) is 64.3 Å². The number of hydrogen-bond donors (Lipinski definition) is 0. The van der Waals surface area contributed by atoms with Gasteiger partial charge < -0.3 is 9.80 Å². The molecular formula is C27H34N2O. The van der Waals surface area contributed by atoms with Crippen molar-refractivity contribution < 1.29 is 4.79 Å². The lowest BCUT2D eigenvalue weighted by Gasteiger charge is -2.61. The Morgan fingerprint density at radius 2 is 1.63 bits per heavy atom. The van der Waals surface area contributed by atoms with E-state index in [9.17, 15) is 4.79 Å². The van der Waals surface area contributed by atoms with E-state index in [-0.39, 0.29) is 22.9 Å². The average molecular weight is 403 g/mol. The number of nitrogens with zero attached hydrogens (tertiary/aromatic N) is 2. The molecular weight excluding hydrogens is 368 g/mol. The Labute approximate surface area is 181 Å². The van der Waals surface area contributed by atoms with Gasteiger partial charge in [0.25, 0.3) is 0 Å². The van der Waals surface area contributed by atoms with Crippen molar-refractivity contribution in [3.63, 3.8) is 0 Å². The van der Waals surface area contributed by atoms with Crippen LogP contribution in [-0.4, -0.2) is 41.5 Å². The maximum absolute atomic E-state index is 13.5. The molecule has 3 nitrogen and oxygen atoms in total. The molecule has 2 amide bonds. The number of piperidine rings is 2. The van der Waals surface area contributed by atoms with Crippen LogP contribution in [0.3, 0.4) is 0 Å². The second-order valence-electron chi connectivity index (χ2n) is 10.3. The monoisotopic (exact) mass is 402 g/mol. The van der Waals surface area contributed by atoms with Crippen molar-refractivity contribution in [3.8, 4) is 11.1 Å². The highest BCUT2D eigenvalue weighted by atomic mass is 16.2. The second kappa shape index (κ2) is 7.14. The number of amides is 2. The first-order valence-electron chi connectivity index (χ1n) is 11.7. The highest BCUT2D eigenvalue weighted by Gasteiger charge is 2.57. The number of carbonyl (C=O) groups is 1. The summed E-state index contributed by atoms with van der Waals surface area (Å²) in [4.78, 5) is 17.8. The molecule has 2 heterocycles. The summed E-state index contributed by atoms with van der Waals surface area (Å²) in [5, 5.41) is 0. The molecule has 2 atom stereocenters. The molecule has 2 aliphatic heterocycles. The number of likely N-dealkylation sites (tertiary alicyclic amines) is 2. The van der Waals surface area contributed by atoms with Crippen molar-refractivity contribution in [3.05, 3.63) is 59.7 Å². The van der Waals surface area contributed by atoms with Crippen LogP contribution in [-0.2, 0) is 11.8 Å². The summed E-state index contributed by atoms with van der Waals surface area (Å²) in [5.41, 5.74) is 5.62. The van der Waals surface area contributed by atoms with Gasteiger partial charge in [-0.1, -0.05) is 69.3 Å². The van der Waals surface area contributed by atoms with E-state index in [0.29, 0.717) is 0 Å². The fraction of sp³-hybridized carbons (Fsp3) is 0.519. The predicted molar refractivity (Wildman–Crippen MR) is 123 cm³/mol. The Hall–Kier alpha value is -2.29. The molecule has 158 valence electrons. The van der Waals surface area contributed by atoms with Crippen LogP contribution in [0.2, 0.25) is 0 Å². The van der Waals surface area contributed by atoms with E-state index >= 15 is 0 Å². The van der Waals surface area contributed by atoms with Crippen LogP contribution in [0.5, 0.6) is 0 Å². The van der Waals surface area contributed by atoms with E-state index in [1.54, 1.807) is 0 Å². The fourth-order valence-electron chi connectivity index (χ4n) is 6.24. The number of urea groups is 1. The van der Waals surface area contributed by atoms with E-state index in [4.69, 9.17) is 0 Å². The number of hydrogen-bond acceptors (Lipinski definition) is 1. The van der Waals surface area contributed by atoms with Gasteiger partial charge in [-0.15, -0.1) is 0 Å². The number of benzene rings is 2. The van der Waals surface area contributed by atoms with E-state index in [1.807, 2.05) is 0 Å². The minimum atomic E-state index is 0.0535.